The maximum Gasteiger partial charge on any atom is 0.244 e. The highest BCUT2D eigenvalue weighted by molar-refractivity contribution is 7.80. The van der Waals surface area contributed by atoms with Crippen LogP contribution in [0.25, 0.3) is 5.69 Å². The summed E-state index contributed by atoms with van der Waals surface area (Å²) in [5.74, 6) is -0.142. The minimum absolute atomic E-state index is 0.104. The van der Waals surface area contributed by atoms with Gasteiger partial charge in [-0.3, -0.25) is 14.8 Å². The molecule has 2 unspecified atom stereocenters. The van der Waals surface area contributed by atoms with Gasteiger partial charge in [-0.15, -0.1) is 0 Å². The van der Waals surface area contributed by atoms with Crippen molar-refractivity contribution in [3.05, 3.63) is 109 Å². The van der Waals surface area contributed by atoms with Crippen molar-refractivity contribution in [2.45, 2.75) is 12.1 Å². The Balaban J connectivity index is 1.51. The fourth-order valence-corrected chi connectivity index (χ4v) is 4.45. The summed E-state index contributed by atoms with van der Waals surface area (Å²) in [5, 5.41) is 6.86. The van der Waals surface area contributed by atoms with Gasteiger partial charge in [0.05, 0.1) is 29.7 Å². The van der Waals surface area contributed by atoms with Gasteiger partial charge in [0.25, 0.3) is 0 Å². The van der Waals surface area contributed by atoms with Crippen LogP contribution in [0.2, 0.25) is 0 Å². The third kappa shape index (κ3) is 4.33. The topological polar surface area (TPSA) is 75.1 Å². The summed E-state index contributed by atoms with van der Waals surface area (Å²) in [6.07, 6.45) is 7.32. The Kier molecular flexibility index (Phi) is 5.82. The molecule has 164 valence electrons. The zero-order valence-electron chi connectivity index (χ0n) is 17.7. The molecule has 4 aromatic rings. The molecule has 0 aliphatic carbocycles. The molecule has 33 heavy (non-hydrogen) atoms. The summed E-state index contributed by atoms with van der Waals surface area (Å²) in [6.45, 7) is 0.104. The molecule has 1 aromatic carbocycles. The predicted molar refractivity (Wildman–Crippen MR) is 131 cm³/mol. The molecule has 2 N–H and O–H groups in total. The van der Waals surface area contributed by atoms with E-state index in [0.717, 1.165) is 22.8 Å². The maximum atomic E-state index is 13.0. The minimum Gasteiger partial charge on any atom is -0.352 e. The molecule has 1 aliphatic rings. The van der Waals surface area contributed by atoms with E-state index >= 15 is 0 Å². The molecule has 2 atom stereocenters. The van der Waals surface area contributed by atoms with Crippen LogP contribution in [0.4, 0.5) is 5.69 Å². The molecule has 1 fully saturated rings. The lowest BCUT2D eigenvalue weighted by molar-refractivity contribution is -0.116. The molecule has 1 saturated heterocycles. The average molecular weight is 455 g/mol. The van der Waals surface area contributed by atoms with Crippen LogP contribution in [0, 0.1) is 0 Å². The molecule has 0 bridgehead atoms. The van der Waals surface area contributed by atoms with Crippen molar-refractivity contribution in [3.63, 3.8) is 0 Å². The van der Waals surface area contributed by atoms with Crippen LogP contribution in [0.15, 0.2) is 97.6 Å². The number of benzene rings is 1. The van der Waals surface area contributed by atoms with Crippen molar-refractivity contribution in [2.75, 3.05) is 11.9 Å². The number of carbonyl (C=O) groups excluding carboxylic acids is 1. The third-order valence-corrected chi connectivity index (χ3v) is 5.93. The molecule has 8 heteroatoms. The lowest BCUT2D eigenvalue weighted by Crippen LogP contribution is -2.37. The van der Waals surface area contributed by atoms with E-state index in [1.807, 2.05) is 90.1 Å². The summed E-state index contributed by atoms with van der Waals surface area (Å²) < 4.78 is 2.07. The zero-order valence-corrected chi connectivity index (χ0v) is 18.5. The normalized spacial score (nSPS) is 17.6. The van der Waals surface area contributed by atoms with Crippen LogP contribution < -0.4 is 10.6 Å². The van der Waals surface area contributed by atoms with Crippen LogP contribution in [0.3, 0.4) is 0 Å². The van der Waals surface area contributed by atoms with E-state index in [1.54, 1.807) is 12.4 Å². The fraction of sp³-hybridized carbons (Fsp3) is 0.120. The molecule has 1 amide bonds. The fourth-order valence-electron chi connectivity index (χ4n) is 4.14. The second-order valence-corrected chi connectivity index (χ2v) is 8.07. The Hall–Kier alpha value is -4.04. The lowest BCUT2D eigenvalue weighted by atomic mass is 10.0. The van der Waals surface area contributed by atoms with E-state index in [2.05, 4.69) is 25.2 Å². The van der Waals surface area contributed by atoms with Crippen molar-refractivity contribution in [2.24, 2.45) is 0 Å². The summed E-state index contributed by atoms with van der Waals surface area (Å²) in [4.78, 5) is 23.7. The van der Waals surface area contributed by atoms with Crippen LogP contribution in [0.5, 0.6) is 0 Å². The predicted octanol–water partition coefficient (Wildman–Crippen LogP) is 3.88. The first-order valence-electron chi connectivity index (χ1n) is 10.6. The second-order valence-electron chi connectivity index (χ2n) is 7.68. The Morgan fingerprint density at radius 3 is 2.61 bits per heavy atom. The van der Waals surface area contributed by atoms with Crippen molar-refractivity contribution >= 4 is 28.9 Å². The maximum absolute atomic E-state index is 13.0. The largest absolute Gasteiger partial charge is 0.352 e. The van der Waals surface area contributed by atoms with Crippen LogP contribution in [0.1, 0.15) is 23.5 Å². The highest BCUT2D eigenvalue weighted by Gasteiger charge is 2.42. The standard InChI is InChI=1S/C25H22N6OS/c32-22(28-18-8-2-1-3-9-18)17-31-24(23(29-25(31)33)20-11-4-5-14-27-20)21-12-7-15-30(21)19-10-6-13-26-16-19/h1-16,23-24H,17H2,(H,28,32)(H,29,33). The smallest absolute Gasteiger partial charge is 0.244 e. The van der Waals surface area contributed by atoms with Gasteiger partial charge in [0.2, 0.25) is 5.91 Å². The van der Waals surface area contributed by atoms with Crippen molar-refractivity contribution in [1.82, 2.24) is 24.8 Å². The number of hydrogen-bond acceptors (Lipinski definition) is 4. The average Bonchev–Trinajstić information content (AvgIpc) is 3.45. The number of thiocarbonyl (C=S) groups is 1. The van der Waals surface area contributed by atoms with E-state index in [-0.39, 0.29) is 24.5 Å². The van der Waals surface area contributed by atoms with Gasteiger partial charge in [-0.1, -0.05) is 24.3 Å². The molecule has 0 radical (unpaired) electrons. The SMILES string of the molecule is O=C(CN1C(=S)NC(c2ccccn2)C1c1cccn1-c1cccnc1)Nc1ccccc1. The summed E-state index contributed by atoms with van der Waals surface area (Å²) >= 11 is 5.70. The lowest BCUT2D eigenvalue weighted by Gasteiger charge is -2.28. The quantitative estimate of drug-likeness (QED) is 0.431. The van der Waals surface area contributed by atoms with E-state index in [0.29, 0.717) is 5.11 Å². The molecular formula is C25H22N6OS. The number of nitrogens with one attached hydrogen (secondary N) is 2. The molecule has 0 spiro atoms. The monoisotopic (exact) mass is 454 g/mol. The number of aromatic nitrogens is 3. The third-order valence-electron chi connectivity index (χ3n) is 5.58. The van der Waals surface area contributed by atoms with Gasteiger partial charge in [-0.25, -0.2) is 0 Å². The molecule has 0 saturated carbocycles. The van der Waals surface area contributed by atoms with Crippen molar-refractivity contribution in [1.29, 1.82) is 0 Å². The number of anilines is 1. The highest BCUT2D eigenvalue weighted by Crippen LogP contribution is 2.39. The Morgan fingerprint density at radius 1 is 1.00 bits per heavy atom. The number of nitrogens with zero attached hydrogens (tertiary/aromatic N) is 4. The Labute approximate surface area is 197 Å². The van der Waals surface area contributed by atoms with Crippen LogP contribution in [-0.4, -0.2) is 37.0 Å². The number of amides is 1. The first-order chi connectivity index (χ1) is 16.2. The Morgan fingerprint density at radius 2 is 1.85 bits per heavy atom. The highest BCUT2D eigenvalue weighted by atomic mass is 32.1. The molecule has 5 rings (SSSR count). The Bertz CT molecular complexity index is 1250. The summed E-state index contributed by atoms with van der Waals surface area (Å²) in [5.41, 5.74) is 3.52. The van der Waals surface area contributed by atoms with Gasteiger partial charge in [-0.2, -0.15) is 0 Å². The summed E-state index contributed by atoms with van der Waals surface area (Å²) in [6, 6.07) is 22.7. The first-order valence-corrected chi connectivity index (χ1v) is 11.0. The van der Waals surface area contributed by atoms with Crippen LogP contribution >= 0.6 is 12.2 Å². The number of pyridine rings is 2. The minimum atomic E-state index is -0.246. The number of para-hydroxylation sites is 1. The van der Waals surface area contributed by atoms with E-state index < -0.39 is 0 Å². The number of carbonyl (C=O) groups is 1. The molecule has 3 aromatic heterocycles. The number of hydrogen-bond donors (Lipinski definition) is 2. The van der Waals surface area contributed by atoms with Crippen molar-refractivity contribution in [3.8, 4) is 5.69 Å². The summed E-state index contributed by atoms with van der Waals surface area (Å²) in [7, 11) is 0. The second kappa shape index (κ2) is 9.22. The van der Waals surface area contributed by atoms with Gasteiger partial charge in [0.1, 0.15) is 6.54 Å². The first kappa shape index (κ1) is 20.8. The van der Waals surface area contributed by atoms with Gasteiger partial charge >= 0.3 is 0 Å². The van der Waals surface area contributed by atoms with E-state index in [9.17, 15) is 4.79 Å². The van der Waals surface area contributed by atoms with Gasteiger partial charge in [0.15, 0.2) is 5.11 Å². The number of rotatable bonds is 6. The zero-order chi connectivity index (χ0) is 22.6. The van der Waals surface area contributed by atoms with E-state index in [4.69, 9.17) is 12.2 Å². The van der Waals surface area contributed by atoms with Gasteiger partial charge < -0.3 is 20.1 Å². The molecular weight excluding hydrogens is 432 g/mol. The molecule has 7 nitrogen and oxygen atoms in total. The van der Waals surface area contributed by atoms with Crippen LogP contribution in [-0.2, 0) is 4.79 Å². The molecule has 4 heterocycles. The van der Waals surface area contributed by atoms with Gasteiger partial charge in [0, 0.05) is 30.0 Å². The van der Waals surface area contributed by atoms with Gasteiger partial charge in [-0.05, 0) is 60.7 Å². The molecule has 1 aliphatic heterocycles. The van der Waals surface area contributed by atoms with E-state index in [1.165, 1.54) is 0 Å². The van der Waals surface area contributed by atoms with Crippen molar-refractivity contribution < 1.29 is 4.79 Å².